The number of rotatable bonds is 7. The van der Waals surface area contributed by atoms with E-state index in [1.54, 1.807) is 7.11 Å². The SMILES string of the molecule is COCCOc1ncc(NC(=O)CN2CCOCC2=O)cn1. The molecule has 0 spiro atoms. The third-order valence-electron chi connectivity index (χ3n) is 2.85. The van der Waals surface area contributed by atoms with E-state index in [9.17, 15) is 9.59 Å². The van der Waals surface area contributed by atoms with Gasteiger partial charge in [0.2, 0.25) is 11.8 Å². The van der Waals surface area contributed by atoms with Crippen LogP contribution in [0.25, 0.3) is 0 Å². The van der Waals surface area contributed by atoms with Gasteiger partial charge >= 0.3 is 6.01 Å². The lowest BCUT2D eigenvalue weighted by Crippen LogP contribution is -2.45. The molecule has 0 aromatic carbocycles. The highest BCUT2D eigenvalue weighted by Crippen LogP contribution is 2.08. The molecule has 2 heterocycles. The number of hydrogen-bond acceptors (Lipinski definition) is 7. The Hall–Kier alpha value is -2.26. The second-order valence-electron chi connectivity index (χ2n) is 4.51. The van der Waals surface area contributed by atoms with Gasteiger partial charge in [-0.3, -0.25) is 9.59 Å². The van der Waals surface area contributed by atoms with Crippen molar-refractivity contribution in [3.8, 4) is 6.01 Å². The zero-order valence-electron chi connectivity index (χ0n) is 12.3. The maximum atomic E-state index is 11.9. The first-order chi connectivity index (χ1) is 10.7. The van der Waals surface area contributed by atoms with Crippen LogP contribution in [0.3, 0.4) is 0 Å². The first-order valence-corrected chi connectivity index (χ1v) is 6.78. The predicted octanol–water partition coefficient (Wildman–Crippen LogP) is -0.701. The van der Waals surface area contributed by atoms with Crippen LogP contribution in [-0.4, -0.2) is 73.3 Å². The average Bonchev–Trinajstić information content (AvgIpc) is 2.51. The van der Waals surface area contributed by atoms with Gasteiger partial charge in [0.1, 0.15) is 19.8 Å². The van der Waals surface area contributed by atoms with Gasteiger partial charge in [-0.2, -0.15) is 0 Å². The molecule has 2 amide bonds. The summed E-state index contributed by atoms with van der Waals surface area (Å²) in [5.74, 6) is -0.508. The number of nitrogens with one attached hydrogen (secondary N) is 1. The number of aromatic nitrogens is 2. The minimum atomic E-state index is -0.313. The van der Waals surface area contributed by atoms with Crippen molar-refractivity contribution in [3.05, 3.63) is 12.4 Å². The Labute approximate surface area is 127 Å². The molecule has 1 aliphatic rings. The summed E-state index contributed by atoms with van der Waals surface area (Å²) in [7, 11) is 1.57. The lowest BCUT2D eigenvalue weighted by Gasteiger charge is -2.25. The van der Waals surface area contributed by atoms with Crippen LogP contribution in [0.5, 0.6) is 6.01 Å². The fraction of sp³-hybridized carbons (Fsp3) is 0.538. The maximum absolute atomic E-state index is 11.9. The van der Waals surface area contributed by atoms with Crippen molar-refractivity contribution in [3.63, 3.8) is 0 Å². The van der Waals surface area contributed by atoms with Crippen LogP contribution in [0.1, 0.15) is 0 Å². The number of ether oxygens (including phenoxy) is 3. The highest BCUT2D eigenvalue weighted by molar-refractivity contribution is 5.94. The Morgan fingerprint density at radius 2 is 2.18 bits per heavy atom. The lowest BCUT2D eigenvalue weighted by molar-refractivity contribution is -0.144. The van der Waals surface area contributed by atoms with Gasteiger partial charge in [-0.05, 0) is 0 Å². The van der Waals surface area contributed by atoms with Crippen LogP contribution in [0, 0.1) is 0 Å². The van der Waals surface area contributed by atoms with Gasteiger partial charge in [-0.1, -0.05) is 0 Å². The molecule has 9 nitrogen and oxygen atoms in total. The van der Waals surface area contributed by atoms with Crippen LogP contribution < -0.4 is 10.1 Å². The standard InChI is InChI=1S/C13H18N4O5/c1-20-4-5-22-13-14-6-10(7-15-13)16-11(18)8-17-2-3-21-9-12(17)19/h6-7H,2-5,8-9H2,1H3,(H,16,18). The summed E-state index contributed by atoms with van der Waals surface area (Å²) < 4.78 is 15.1. The number of hydrogen-bond donors (Lipinski definition) is 1. The minimum absolute atomic E-state index is 0.0178. The highest BCUT2D eigenvalue weighted by atomic mass is 16.5. The molecule has 0 saturated carbocycles. The van der Waals surface area contributed by atoms with Gasteiger partial charge < -0.3 is 24.4 Å². The molecule has 0 radical (unpaired) electrons. The van der Waals surface area contributed by atoms with Gasteiger partial charge in [0, 0.05) is 13.7 Å². The molecule has 1 aliphatic heterocycles. The topological polar surface area (TPSA) is 103 Å². The summed E-state index contributed by atoms with van der Waals surface area (Å²) >= 11 is 0. The number of anilines is 1. The highest BCUT2D eigenvalue weighted by Gasteiger charge is 2.20. The quantitative estimate of drug-likeness (QED) is 0.664. The third kappa shape index (κ3) is 4.93. The molecular formula is C13H18N4O5. The second-order valence-corrected chi connectivity index (χ2v) is 4.51. The normalized spacial score (nSPS) is 14.8. The summed E-state index contributed by atoms with van der Waals surface area (Å²) in [6, 6.07) is 0.207. The van der Waals surface area contributed by atoms with E-state index in [-0.39, 0.29) is 31.0 Å². The van der Waals surface area contributed by atoms with Gasteiger partial charge in [-0.25, -0.2) is 9.97 Å². The number of carbonyl (C=O) groups is 2. The van der Waals surface area contributed by atoms with E-state index in [0.29, 0.717) is 32.1 Å². The first-order valence-electron chi connectivity index (χ1n) is 6.78. The van der Waals surface area contributed by atoms with E-state index in [0.717, 1.165) is 0 Å². The van der Waals surface area contributed by atoms with Crippen LogP contribution in [0.4, 0.5) is 5.69 Å². The molecule has 2 rings (SSSR count). The third-order valence-corrected chi connectivity index (χ3v) is 2.85. The van der Waals surface area contributed by atoms with Crippen molar-refractivity contribution in [2.24, 2.45) is 0 Å². The lowest BCUT2D eigenvalue weighted by atomic mass is 10.4. The monoisotopic (exact) mass is 310 g/mol. The van der Waals surface area contributed by atoms with Crippen molar-refractivity contribution >= 4 is 17.5 Å². The fourth-order valence-corrected chi connectivity index (χ4v) is 1.76. The molecular weight excluding hydrogens is 292 g/mol. The number of morpholine rings is 1. The molecule has 1 fully saturated rings. The molecule has 1 N–H and O–H groups in total. The van der Waals surface area contributed by atoms with Crippen molar-refractivity contribution in [1.29, 1.82) is 0 Å². The van der Waals surface area contributed by atoms with Crippen molar-refractivity contribution in [1.82, 2.24) is 14.9 Å². The fourth-order valence-electron chi connectivity index (χ4n) is 1.76. The Balaban J connectivity index is 1.79. The molecule has 120 valence electrons. The molecule has 22 heavy (non-hydrogen) atoms. The molecule has 0 unspecified atom stereocenters. The Bertz CT molecular complexity index is 508. The van der Waals surface area contributed by atoms with Crippen molar-refractivity contribution < 1.29 is 23.8 Å². The maximum Gasteiger partial charge on any atom is 0.316 e. The Morgan fingerprint density at radius 3 is 2.86 bits per heavy atom. The van der Waals surface area contributed by atoms with Crippen LogP contribution in [-0.2, 0) is 19.1 Å². The number of amides is 2. The minimum Gasteiger partial charge on any atom is -0.461 e. The Kier molecular flexibility index (Phi) is 6.04. The van der Waals surface area contributed by atoms with E-state index in [2.05, 4.69) is 15.3 Å². The largest absolute Gasteiger partial charge is 0.461 e. The van der Waals surface area contributed by atoms with E-state index < -0.39 is 0 Å². The molecule has 1 aromatic rings. The van der Waals surface area contributed by atoms with Crippen LogP contribution in [0.2, 0.25) is 0 Å². The zero-order valence-corrected chi connectivity index (χ0v) is 12.3. The van der Waals surface area contributed by atoms with Gasteiger partial charge in [0.05, 0.1) is 31.3 Å². The predicted molar refractivity (Wildman–Crippen MR) is 75.4 cm³/mol. The van der Waals surface area contributed by atoms with E-state index in [1.807, 2.05) is 0 Å². The molecule has 1 saturated heterocycles. The molecule has 0 aliphatic carbocycles. The average molecular weight is 310 g/mol. The molecule has 1 aromatic heterocycles. The first kappa shape index (κ1) is 16.1. The summed E-state index contributed by atoms with van der Waals surface area (Å²) in [6.07, 6.45) is 2.88. The van der Waals surface area contributed by atoms with Crippen LogP contribution >= 0.6 is 0 Å². The van der Waals surface area contributed by atoms with Gasteiger partial charge in [-0.15, -0.1) is 0 Å². The molecule has 9 heteroatoms. The number of methoxy groups -OCH3 is 1. The van der Waals surface area contributed by atoms with Crippen molar-refractivity contribution in [2.75, 3.05) is 51.9 Å². The van der Waals surface area contributed by atoms with E-state index in [4.69, 9.17) is 14.2 Å². The van der Waals surface area contributed by atoms with E-state index >= 15 is 0 Å². The van der Waals surface area contributed by atoms with Crippen molar-refractivity contribution in [2.45, 2.75) is 0 Å². The molecule has 0 bridgehead atoms. The molecule has 0 atom stereocenters. The number of nitrogens with zero attached hydrogens (tertiary/aromatic N) is 3. The summed E-state index contributed by atoms with van der Waals surface area (Å²) in [6.45, 7) is 1.64. The van der Waals surface area contributed by atoms with Gasteiger partial charge in [0.15, 0.2) is 0 Å². The van der Waals surface area contributed by atoms with Crippen LogP contribution in [0.15, 0.2) is 12.4 Å². The second kappa shape index (κ2) is 8.25. The zero-order chi connectivity index (χ0) is 15.8. The van der Waals surface area contributed by atoms with Gasteiger partial charge in [0.25, 0.3) is 0 Å². The van der Waals surface area contributed by atoms with E-state index in [1.165, 1.54) is 17.3 Å². The summed E-state index contributed by atoms with van der Waals surface area (Å²) in [4.78, 5) is 32.8. The summed E-state index contributed by atoms with van der Waals surface area (Å²) in [5.41, 5.74) is 0.435. The smallest absolute Gasteiger partial charge is 0.316 e. The summed E-state index contributed by atoms with van der Waals surface area (Å²) in [5, 5.41) is 2.63. The number of carbonyl (C=O) groups excluding carboxylic acids is 2. The Morgan fingerprint density at radius 1 is 1.41 bits per heavy atom.